The van der Waals surface area contributed by atoms with Crippen molar-refractivity contribution in [3.63, 3.8) is 0 Å². The number of pyridine rings is 1. The maximum atomic E-state index is 12.0. The summed E-state index contributed by atoms with van der Waals surface area (Å²) in [6.45, 7) is 2.39. The highest BCUT2D eigenvalue weighted by molar-refractivity contribution is 7.91. The third kappa shape index (κ3) is 2.82. The Kier molecular flexibility index (Phi) is 3.15. The van der Waals surface area contributed by atoms with E-state index in [1.165, 1.54) is 6.20 Å². The fourth-order valence-corrected chi connectivity index (χ4v) is 2.89. The summed E-state index contributed by atoms with van der Waals surface area (Å²) in [7, 11) is -2.95. The van der Waals surface area contributed by atoms with Gasteiger partial charge in [0.2, 0.25) is 0 Å². The predicted molar refractivity (Wildman–Crippen MR) is 63.5 cm³/mol. The topological polar surface area (TPSA) is 67.3 Å². The van der Waals surface area contributed by atoms with Crippen molar-refractivity contribution in [2.45, 2.75) is 6.92 Å². The summed E-state index contributed by atoms with van der Waals surface area (Å²) in [5, 5.41) is 0. The molecule has 0 aromatic carbocycles. The van der Waals surface area contributed by atoms with Crippen LogP contribution < -0.4 is 0 Å². The minimum Gasteiger partial charge on any atom is -0.337 e. The Morgan fingerprint density at radius 3 is 2.47 bits per heavy atom. The van der Waals surface area contributed by atoms with Gasteiger partial charge in [0.1, 0.15) is 0 Å². The number of nitrogens with zero attached hydrogens (tertiary/aromatic N) is 2. The Labute approximate surface area is 100 Å². The van der Waals surface area contributed by atoms with Crippen LogP contribution in [0.2, 0.25) is 0 Å². The molecule has 1 saturated heterocycles. The first-order valence-electron chi connectivity index (χ1n) is 5.40. The standard InChI is InChI=1S/C11H14N2O3S/c1-9-2-3-10(8-12-9)11(14)13-4-6-17(15,16)7-5-13/h2-3,8H,4-7H2,1H3. The van der Waals surface area contributed by atoms with Crippen LogP contribution in [-0.2, 0) is 9.84 Å². The maximum absolute atomic E-state index is 12.0. The molecule has 0 N–H and O–H groups in total. The molecule has 0 bridgehead atoms. The quantitative estimate of drug-likeness (QED) is 0.721. The molecule has 2 rings (SSSR count). The minimum absolute atomic E-state index is 0.0536. The third-order valence-corrected chi connectivity index (χ3v) is 4.40. The van der Waals surface area contributed by atoms with Crippen molar-refractivity contribution in [2.75, 3.05) is 24.6 Å². The molecular weight excluding hydrogens is 240 g/mol. The first-order chi connectivity index (χ1) is 7.98. The fourth-order valence-electron chi connectivity index (χ4n) is 1.69. The second kappa shape index (κ2) is 4.44. The zero-order valence-electron chi connectivity index (χ0n) is 9.59. The van der Waals surface area contributed by atoms with Gasteiger partial charge >= 0.3 is 0 Å². The molecule has 92 valence electrons. The average Bonchev–Trinajstić information content (AvgIpc) is 2.29. The van der Waals surface area contributed by atoms with Crippen molar-refractivity contribution < 1.29 is 13.2 Å². The number of hydrogen-bond acceptors (Lipinski definition) is 4. The largest absolute Gasteiger partial charge is 0.337 e. The van der Waals surface area contributed by atoms with Crippen molar-refractivity contribution in [3.8, 4) is 0 Å². The molecule has 0 spiro atoms. The number of amides is 1. The molecule has 1 aromatic rings. The lowest BCUT2D eigenvalue weighted by atomic mass is 10.2. The molecule has 0 atom stereocenters. The Morgan fingerprint density at radius 2 is 1.94 bits per heavy atom. The molecule has 1 amide bonds. The summed E-state index contributed by atoms with van der Waals surface area (Å²) in [6, 6.07) is 3.49. The van der Waals surface area contributed by atoms with E-state index in [9.17, 15) is 13.2 Å². The van der Waals surface area contributed by atoms with Crippen molar-refractivity contribution in [1.82, 2.24) is 9.88 Å². The summed E-state index contributed by atoms with van der Waals surface area (Å²) in [6.07, 6.45) is 1.53. The summed E-state index contributed by atoms with van der Waals surface area (Å²) in [5.74, 6) is -0.0387. The van der Waals surface area contributed by atoms with E-state index in [-0.39, 0.29) is 30.5 Å². The monoisotopic (exact) mass is 254 g/mol. The normalized spacial score (nSPS) is 19.0. The van der Waals surface area contributed by atoms with Gasteiger partial charge in [0, 0.05) is 25.0 Å². The van der Waals surface area contributed by atoms with E-state index in [1.54, 1.807) is 17.0 Å². The molecule has 1 aliphatic heterocycles. The van der Waals surface area contributed by atoms with Crippen molar-refractivity contribution in [2.24, 2.45) is 0 Å². The van der Waals surface area contributed by atoms with E-state index in [0.29, 0.717) is 5.56 Å². The Hall–Kier alpha value is -1.43. The first kappa shape index (κ1) is 12.0. The molecule has 2 heterocycles. The van der Waals surface area contributed by atoms with Gasteiger partial charge in [0.15, 0.2) is 9.84 Å². The van der Waals surface area contributed by atoms with Gasteiger partial charge in [0.25, 0.3) is 5.91 Å². The van der Waals surface area contributed by atoms with Gasteiger partial charge in [0.05, 0.1) is 17.1 Å². The molecule has 6 heteroatoms. The van der Waals surface area contributed by atoms with Crippen LogP contribution in [0.1, 0.15) is 16.1 Å². The van der Waals surface area contributed by atoms with Crippen LogP contribution in [-0.4, -0.2) is 48.8 Å². The van der Waals surface area contributed by atoms with Crippen LogP contribution in [0.5, 0.6) is 0 Å². The Morgan fingerprint density at radius 1 is 1.29 bits per heavy atom. The zero-order chi connectivity index (χ0) is 12.5. The van der Waals surface area contributed by atoms with E-state index in [1.807, 2.05) is 6.92 Å². The molecular formula is C11H14N2O3S. The number of hydrogen-bond donors (Lipinski definition) is 0. The molecule has 0 saturated carbocycles. The second-order valence-electron chi connectivity index (χ2n) is 4.13. The van der Waals surface area contributed by atoms with E-state index < -0.39 is 9.84 Å². The fraction of sp³-hybridized carbons (Fsp3) is 0.455. The minimum atomic E-state index is -2.95. The highest BCUT2D eigenvalue weighted by Crippen LogP contribution is 2.09. The van der Waals surface area contributed by atoms with Crippen LogP contribution in [0.3, 0.4) is 0 Å². The smallest absolute Gasteiger partial charge is 0.255 e. The van der Waals surface area contributed by atoms with E-state index in [4.69, 9.17) is 0 Å². The third-order valence-electron chi connectivity index (χ3n) is 2.79. The first-order valence-corrected chi connectivity index (χ1v) is 7.22. The van der Waals surface area contributed by atoms with Gasteiger partial charge < -0.3 is 4.90 Å². The molecule has 1 fully saturated rings. The summed E-state index contributed by atoms with van der Waals surface area (Å²) < 4.78 is 22.5. The van der Waals surface area contributed by atoms with Gasteiger partial charge in [-0.15, -0.1) is 0 Å². The second-order valence-corrected chi connectivity index (χ2v) is 6.44. The summed E-state index contributed by atoms with van der Waals surface area (Å²) in [5.41, 5.74) is 1.36. The lowest BCUT2D eigenvalue weighted by Crippen LogP contribution is -2.43. The van der Waals surface area contributed by atoms with Gasteiger partial charge in [-0.1, -0.05) is 0 Å². The van der Waals surface area contributed by atoms with Gasteiger partial charge in [-0.25, -0.2) is 8.42 Å². The molecule has 0 aliphatic carbocycles. The number of carbonyl (C=O) groups excluding carboxylic acids is 1. The number of aryl methyl sites for hydroxylation is 1. The van der Waals surface area contributed by atoms with Crippen molar-refractivity contribution in [3.05, 3.63) is 29.6 Å². The number of aromatic nitrogens is 1. The van der Waals surface area contributed by atoms with Crippen molar-refractivity contribution >= 4 is 15.7 Å². The maximum Gasteiger partial charge on any atom is 0.255 e. The lowest BCUT2D eigenvalue weighted by Gasteiger charge is -2.26. The molecule has 0 unspecified atom stereocenters. The SMILES string of the molecule is Cc1ccc(C(=O)N2CCS(=O)(=O)CC2)cn1. The molecule has 1 aromatic heterocycles. The van der Waals surface area contributed by atoms with Gasteiger partial charge in [-0.05, 0) is 19.1 Å². The van der Waals surface area contributed by atoms with Crippen molar-refractivity contribution in [1.29, 1.82) is 0 Å². The van der Waals surface area contributed by atoms with Crippen LogP contribution in [0, 0.1) is 6.92 Å². The van der Waals surface area contributed by atoms with Gasteiger partial charge in [-0.3, -0.25) is 9.78 Å². The molecule has 1 aliphatic rings. The Balaban J connectivity index is 2.09. The Bertz CT molecular complexity index is 508. The highest BCUT2D eigenvalue weighted by atomic mass is 32.2. The van der Waals surface area contributed by atoms with Crippen LogP contribution in [0.4, 0.5) is 0 Å². The highest BCUT2D eigenvalue weighted by Gasteiger charge is 2.25. The average molecular weight is 254 g/mol. The van der Waals surface area contributed by atoms with Crippen LogP contribution in [0.25, 0.3) is 0 Å². The lowest BCUT2D eigenvalue weighted by molar-refractivity contribution is 0.0770. The van der Waals surface area contributed by atoms with Gasteiger partial charge in [-0.2, -0.15) is 0 Å². The van der Waals surface area contributed by atoms with Crippen LogP contribution in [0.15, 0.2) is 18.3 Å². The molecule has 0 radical (unpaired) electrons. The molecule has 5 nitrogen and oxygen atoms in total. The molecule has 17 heavy (non-hydrogen) atoms. The zero-order valence-corrected chi connectivity index (χ0v) is 10.4. The summed E-state index contributed by atoms with van der Waals surface area (Å²) in [4.78, 5) is 17.6. The van der Waals surface area contributed by atoms with E-state index in [2.05, 4.69) is 4.98 Å². The van der Waals surface area contributed by atoms with Crippen LogP contribution >= 0.6 is 0 Å². The summed E-state index contributed by atoms with van der Waals surface area (Å²) >= 11 is 0. The number of carbonyl (C=O) groups is 1. The number of sulfone groups is 1. The number of rotatable bonds is 1. The predicted octanol–water partition coefficient (Wildman–Crippen LogP) is 0.261. The van der Waals surface area contributed by atoms with E-state index in [0.717, 1.165) is 5.69 Å². The van der Waals surface area contributed by atoms with E-state index >= 15 is 0 Å².